The summed E-state index contributed by atoms with van der Waals surface area (Å²) in [5.41, 5.74) is 8.05. The molecule has 2 nitrogen and oxygen atoms in total. The molecule has 0 unspecified atom stereocenters. The number of methoxy groups -OCH3 is 1. The Morgan fingerprint density at radius 2 is 2.21 bits per heavy atom. The first kappa shape index (κ1) is 9.46. The molecule has 76 valence electrons. The molecule has 0 heterocycles. The van der Waals surface area contributed by atoms with Gasteiger partial charge >= 0.3 is 0 Å². The molecular weight excluding hydrogens is 181 g/mol. The van der Waals surface area contributed by atoms with Crippen LogP contribution in [0.2, 0.25) is 0 Å². The summed E-state index contributed by atoms with van der Waals surface area (Å²) in [6.45, 7) is 0. The van der Waals surface area contributed by atoms with Crippen LogP contribution >= 0.6 is 0 Å². The summed E-state index contributed by atoms with van der Waals surface area (Å²) < 4.78 is 18.2. The Balaban J connectivity index is 2.41. The minimum Gasteiger partial charge on any atom is -0.494 e. The summed E-state index contributed by atoms with van der Waals surface area (Å²) in [5.74, 6) is 0.0413. The van der Waals surface area contributed by atoms with E-state index in [-0.39, 0.29) is 11.9 Å². The van der Waals surface area contributed by atoms with Crippen molar-refractivity contribution in [1.82, 2.24) is 0 Å². The first-order valence-corrected chi connectivity index (χ1v) is 4.81. The van der Waals surface area contributed by atoms with Crippen molar-refractivity contribution in [3.8, 4) is 5.75 Å². The number of hydrogen-bond donors (Lipinski definition) is 1. The van der Waals surface area contributed by atoms with Crippen molar-refractivity contribution in [1.29, 1.82) is 0 Å². The van der Waals surface area contributed by atoms with Gasteiger partial charge in [-0.2, -0.15) is 0 Å². The van der Waals surface area contributed by atoms with E-state index in [1.165, 1.54) is 7.11 Å². The number of rotatable bonds is 1. The van der Waals surface area contributed by atoms with Crippen molar-refractivity contribution in [3.05, 3.63) is 29.1 Å². The predicted octanol–water partition coefficient (Wildman–Crippen LogP) is 1.65. The van der Waals surface area contributed by atoms with Crippen molar-refractivity contribution in [3.63, 3.8) is 0 Å². The Morgan fingerprint density at radius 1 is 1.43 bits per heavy atom. The van der Waals surface area contributed by atoms with Crippen LogP contribution in [-0.4, -0.2) is 13.2 Å². The topological polar surface area (TPSA) is 35.2 Å². The highest BCUT2D eigenvalue weighted by molar-refractivity contribution is 5.39. The normalized spacial score (nSPS) is 20.4. The van der Waals surface area contributed by atoms with Crippen LogP contribution < -0.4 is 10.5 Å². The lowest BCUT2D eigenvalue weighted by Crippen LogP contribution is -2.27. The molecule has 1 aliphatic rings. The van der Waals surface area contributed by atoms with Crippen molar-refractivity contribution in [2.45, 2.75) is 25.3 Å². The Kier molecular flexibility index (Phi) is 2.42. The number of ether oxygens (including phenoxy) is 1. The first-order chi connectivity index (χ1) is 6.70. The van der Waals surface area contributed by atoms with E-state index in [1.807, 2.05) is 0 Å². The van der Waals surface area contributed by atoms with E-state index in [2.05, 4.69) is 0 Å². The molecule has 0 spiro atoms. The maximum atomic E-state index is 13.3. The van der Waals surface area contributed by atoms with Crippen LogP contribution in [0.3, 0.4) is 0 Å². The highest BCUT2D eigenvalue weighted by atomic mass is 19.1. The first-order valence-electron chi connectivity index (χ1n) is 4.81. The van der Waals surface area contributed by atoms with Gasteiger partial charge in [0.1, 0.15) is 0 Å². The Morgan fingerprint density at radius 3 is 2.93 bits per heavy atom. The van der Waals surface area contributed by atoms with Gasteiger partial charge in [-0.25, -0.2) is 4.39 Å². The van der Waals surface area contributed by atoms with Gasteiger partial charge in [0.25, 0.3) is 0 Å². The third-order valence-corrected chi connectivity index (χ3v) is 2.74. The molecule has 14 heavy (non-hydrogen) atoms. The fourth-order valence-corrected chi connectivity index (χ4v) is 1.94. The number of nitrogens with two attached hydrogens (primary N) is 1. The van der Waals surface area contributed by atoms with E-state index in [9.17, 15) is 4.39 Å². The highest BCUT2D eigenvalue weighted by Gasteiger charge is 2.18. The van der Waals surface area contributed by atoms with Crippen molar-refractivity contribution in [2.24, 2.45) is 5.73 Å². The van der Waals surface area contributed by atoms with Crippen LogP contribution in [-0.2, 0) is 12.8 Å². The monoisotopic (exact) mass is 195 g/mol. The summed E-state index contributed by atoms with van der Waals surface area (Å²) in [6, 6.07) is 3.54. The summed E-state index contributed by atoms with van der Waals surface area (Å²) in [4.78, 5) is 0. The molecule has 0 radical (unpaired) electrons. The lowest BCUT2D eigenvalue weighted by atomic mass is 9.88. The summed E-state index contributed by atoms with van der Waals surface area (Å²) in [5, 5.41) is 0. The lowest BCUT2D eigenvalue weighted by Gasteiger charge is -2.22. The van der Waals surface area contributed by atoms with E-state index in [0.717, 1.165) is 30.4 Å². The molecule has 1 aromatic carbocycles. The van der Waals surface area contributed by atoms with E-state index >= 15 is 0 Å². The van der Waals surface area contributed by atoms with Crippen LogP contribution in [0, 0.1) is 5.82 Å². The summed E-state index contributed by atoms with van der Waals surface area (Å²) in [7, 11) is 1.48. The zero-order valence-corrected chi connectivity index (χ0v) is 8.22. The van der Waals surface area contributed by atoms with Gasteiger partial charge in [0.2, 0.25) is 0 Å². The molecule has 1 aliphatic carbocycles. The van der Waals surface area contributed by atoms with Crippen LogP contribution in [0.15, 0.2) is 12.1 Å². The van der Waals surface area contributed by atoms with Gasteiger partial charge in [0.05, 0.1) is 7.11 Å². The second-order valence-electron chi connectivity index (χ2n) is 3.76. The average Bonchev–Trinajstić information content (AvgIpc) is 2.17. The van der Waals surface area contributed by atoms with Gasteiger partial charge < -0.3 is 10.5 Å². The molecular formula is C11H14FNO. The quantitative estimate of drug-likeness (QED) is 0.739. The molecule has 3 heteroatoms. The third-order valence-electron chi connectivity index (χ3n) is 2.74. The zero-order chi connectivity index (χ0) is 10.1. The Labute approximate surface area is 82.9 Å². The van der Waals surface area contributed by atoms with E-state index in [4.69, 9.17) is 10.5 Å². The van der Waals surface area contributed by atoms with E-state index < -0.39 is 0 Å². The second-order valence-corrected chi connectivity index (χ2v) is 3.76. The fraction of sp³-hybridized carbons (Fsp3) is 0.455. The van der Waals surface area contributed by atoms with Gasteiger partial charge in [0, 0.05) is 6.04 Å². The highest BCUT2D eigenvalue weighted by Crippen LogP contribution is 2.27. The summed E-state index contributed by atoms with van der Waals surface area (Å²) >= 11 is 0. The molecule has 0 saturated heterocycles. The van der Waals surface area contributed by atoms with E-state index in [0.29, 0.717) is 5.75 Å². The molecule has 0 bridgehead atoms. The predicted molar refractivity (Wildman–Crippen MR) is 53.0 cm³/mol. The minimum atomic E-state index is -0.276. The van der Waals surface area contributed by atoms with Crippen LogP contribution in [0.4, 0.5) is 4.39 Å². The summed E-state index contributed by atoms with van der Waals surface area (Å²) in [6.07, 6.45) is 2.64. The number of halogens is 1. The third kappa shape index (κ3) is 1.60. The van der Waals surface area contributed by atoms with Gasteiger partial charge in [-0.1, -0.05) is 0 Å². The second kappa shape index (κ2) is 3.58. The van der Waals surface area contributed by atoms with E-state index in [1.54, 1.807) is 12.1 Å². The molecule has 0 saturated carbocycles. The maximum absolute atomic E-state index is 13.3. The molecule has 2 N–H and O–H groups in total. The van der Waals surface area contributed by atoms with Gasteiger partial charge in [-0.15, -0.1) is 0 Å². The molecule has 1 atom stereocenters. The standard InChI is InChI=1S/C11H14FNO/c1-14-11-6-8-4-9(13)3-2-7(8)5-10(11)12/h5-6,9H,2-4,13H2,1H3/t9-/m1/s1. The van der Waals surface area contributed by atoms with Gasteiger partial charge in [0.15, 0.2) is 11.6 Å². The van der Waals surface area contributed by atoms with Crippen LogP contribution in [0.5, 0.6) is 5.75 Å². The maximum Gasteiger partial charge on any atom is 0.165 e. The molecule has 0 aromatic heterocycles. The zero-order valence-electron chi connectivity index (χ0n) is 8.22. The number of hydrogen-bond acceptors (Lipinski definition) is 2. The molecule has 0 aliphatic heterocycles. The van der Waals surface area contributed by atoms with Crippen molar-refractivity contribution >= 4 is 0 Å². The van der Waals surface area contributed by atoms with Crippen LogP contribution in [0.25, 0.3) is 0 Å². The molecule has 2 rings (SSSR count). The average molecular weight is 195 g/mol. The SMILES string of the molecule is COc1cc2c(cc1F)CC[C@@H](N)C2. The van der Waals surface area contributed by atoms with Crippen molar-refractivity contribution in [2.75, 3.05) is 7.11 Å². The van der Waals surface area contributed by atoms with Crippen LogP contribution in [0.1, 0.15) is 17.5 Å². The molecule has 0 amide bonds. The molecule has 1 aromatic rings. The lowest BCUT2D eigenvalue weighted by molar-refractivity contribution is 0.384. The number of aryl methyl sites for hydroxylation is 1. The minimum absolute atomic E-state index is 0.206. The van der Waals surface area contributed by atoms with Gasteiger partial charge in [-0.3, -0.25) is 0 Å². The Hall–Kier alpha value is -1.09. The number of fused-ring (bicyclic) bond motifs is 1. The number of benzene rings is 1. The van der Waals surface area contributed by atoms with Gasteiger partial charge in [-0.05, 0) is 42.5 Å². The fourth-order valence-electron chi connectivity index (χ4n) is 1.94. The Bertz CT molecular complexity index is 351. The largest absolute Gasteiger partial charge is 0.494 e. The molecule has 0 fully saturated rings. The smallest absolute Gasteiger partial charge is 0.165 e. The van der Waals surface area contributed by atoms with Crippen molar-refractivity contribution < 1.29 is 9.13 Å².